The van der Waals surface area contributed by atoms with Gasteiger partial charge in [-0.3, -0.25) is 9.48 Å². The van der Waals surface area contributed by atoms with E-state index in [1.54, 1.807) is 11.8 Å². The molecule has 0 bridgehead atoms. The Kier molecular flexibility index (Phi) is 4.77. The highest BCUT2D eigenvalue weighted by molar-refractivity contribution is 14.1. The van der Waals surface area contributed by atoms with Gasteiger partial charge in [0.25, 0.3) is 0 Å². The zero-order valence-electron chi connectivity index (χ0n) is 9.52. The average molecular weight is 397 g/mol. The summed E-state index contributed by atoms with van der Waals surface area (Å²) in [6.07, 6.45) is 1.49. The highest BCUT2D eigenvalue weighted by Crippen LogP contribution is 2.23. The van der Waals surface area contributed by atoms with Crippen molar-refractivity contribution in [3.05, 3.63) is 36.8 Å². The molecule has 0 saturated carbocycles. The maximum Gasteiger partial charge on any atom is 0.213 e. The molecule has 0 N–H and O–H groups in total. The van der Waals surface area contributed by atoms with E-state index in [1.807, 2.05) is 11.4 Å². The number of halogens is 2. The van der Waals surface area contributed by atoms with Crippen molar-refractivity contribution in [2.45, 2.75) is 6.54 Å². The van der Waals surface area contributed by atoms with Gasteiger partial charge in [0.15, 0.2) is 0 Å². The minimum absolute atomic E-state index is 0.104. The number of thiophene rings is 1. The molecule has 18 heavy (non-hydrogen) atoms. The Morgan fingerprint density at radius 2 is 2.44 bits per heavy atom. The summed E-state index contributed by atoms with van der Waals surface area (Å²) in [6.45, 7) is 0.991. The summed E-state index contributed by atoms with van der Waals surface area (Å²) in [5, 5.41) is 6.29. The lowest BCUT2D eigenvalue weighted by molar-refractivity contribution is 0.102. The molecule has 2 aromatic heterocycles. The van der Waals surface area contributed by atoms with Crippen LogP contribution in [0, 0.1) is 2.88 Å². The summed E-state index contributed by atoms with van der Waals surface area (Å²) in [4.78, 5) is 12.3. The predicted molar refractivity (Wildman–Crippen MR) is 79.6 cm³/mol. The molecule has 96 valence electrons. The second-order valence-corrected chi connectivity index (χ2v) is 6.74. The third-order valence-electron chi connectivity index (χ3n) is 2.35. The van der Waals surface area contributed by atoms with Crippen LogP contribution in [0.3, 0.4) is 0 Å². The van der Waals surface area contributed by atoms with Crippen LogP contribution >= 0.6 is 45.5 Å². The number of ketones is 1. The van der Waals surface area contributed by atoms with Gasteiger partial charge in [0, 0.05) is 18.1 Å². The van der Waals surface area contributed by atoms with E-state index in [9.17, 15) is 4.79 Å². The fraction of sp³-hybridized carbons (Fsp3) is 0.273. The summed E-state index contributed by atoms with van der Waals surface area (Å²) >= 11 is 9.74. The summed E-state index contributed by atoms with van der Waals surface area (Å²) in [5.74, 6) is -0.104. The zero-order valence-corrected chi connectivity index (χ0v) is 13.3. The third kappa shape index (κ3) is 2.93. The first-order chi connectivity index (χ1) is 8.63. The van der Waals surface area contributed by atoms with Gasteiger partial charge in [0.2, 0.25) is 5.78 Å². The number of aromatic nitrogens is 2. The van der Waals surface area contributed by atoms with Crippen molar-refractivity contribution in [3.63, 3.8) is 0 Å². The first-order valence-corrected chi connectivity index (χ1v) is 7.46. The van der Waals surface area contributed by atoms with Gasteiger partial charge in [-0.05, 0) is 28.7 Å². The van der Waals surface area contributed by atoms with Gasteiger partial charge in [-0.2, -0.15) is 5.10 Å². The Morgan fingerprint density at radius 1 is 1.67 bits per heavy atom. The van der Waals surface area contributed by atoms with Gasteiger partial charge in [-0.1, -0.05) is 11.6 Å². The van der Waals surface area contributed by atoms with Gasteiger partial charge in [-0.25, -0.2) is 0 Å². The summed E-state index contributed by atoms with van der Waals surface area (Å²) in [5.41, 5.74) is 1.06. The second kappa shape index (κ2) is 6.14. The fourth-order valence-electron chi connectivity index (χ4n) is 1.50. The van der Waals surface area contributed by atoms with Gasteiger partial charge >= 0.3 is 0 Å². The number of carbonyl (C=O) groups is 1. The van der Waals surface area contributed by atoms with Crippen LogP contribution in [0.2, 0.25) is 5.02 Å². The van der Waals surface area contributed by atoms with E-state index in [0.717, 1.165) is 2.88 Å². The molecule has 2 aromatic rings. The van der Waals surface area contributed by atoms with E-state index in [-0.39, 0.29) is 5.78 Å². The molecule has 0 spiro atoms. The lowest BCUT2D eigenvalue weighted by Crippen LogP contribution is -2.14. The van der Waals surface area contributed by atoms with Crippen LogP contribution in [-0.4, -0.2) is 29.3 Å². The Bertz CT molecular complexity index is 567. The van der Waals surface area contributed by atoms with E-state index >= 15 is 0 Å². The normalized spacial score (nSPS) is 10.8. The molecule has 4 nitrogen and oxygen atoms in total. The van der Waals surface area contributed by atoms with Crippen LogP contribution in [0.4, 0.5) is 0 Å². The maximum absolute atomic E-state index is 12.3. The van der Waals surface area contributed by atoms with E-state index in [1.165, 1.54) is 17.5 Å². The standard InChI is InChI=1S/C11H10ClIN2O2S/c1-17-3-2-15-10(8(12)5-14-15)11(16)7-4-9(13)18-6-7/h4-6H,2-3H2,1H3. The van der Waals surface area contributed by atoms with Crippen molar-refractivity contribution in [2.24, 2.45) is 0 Å². The number of ether oxygens (including phenoxy) is 1. The second-order valence-electron chi connectivity index (χ2n) is 3.53. The SMILES string of the molecule is COCCn1ncc(Cl)c1C(=O)c1csc(I)c1. The molecule has 2 rings (SSSR count). The molecule has 0 aliphatic carbocycles. The minimum atomic E-state index is -0.104. The molecule has 0 amide bonds. The molecule has 0 atom stereocenters. The van der Waals surface area contributed by atoms with Gasteiger partial charge < -0.3 is 4.74 Å². The van der Waals surface area contributed by atoms with Crippen LogP contribution in [-0.2, 0) is 11.3 Å². The van der Waals surface area contributed by atoms with E-state index in [0.29, 0.717) is 29.4 Å². The minimum Gasteiger partial charge on any atom is -0.383 e. The van der Waals surface area contributed by atoms with Crippen LogP contribution in [0.1, 0.15) is 16.1 Å². The largest absolute Gasteiger partial charge is 0.383 e. The van der Waals surface area contributed by atoms with Gasteiger partial charge in [0.1, 0.15) is 5.69 Å². The van der Waals surface area contributed by atoms with Crippen LogP contribution in [0.5, 0.6) is 0 Å². The highest BCUT2D eigenvalue weighted by atomic mass is 127. The van der Waals surface area contributed by atoms with Crippen LogP contribution in [0.25, 0.3) is 0 Å². The Hall–Kier alpha value is -0.440. The molecular formula is C11H10ClIN2O2S. The van der Waals surface area contributed by atoms with Crippen molar-refractivity contribution in [1.29, 1.82) is 0 Å². The molecular weight excluding hydrogens is 387 g/mol. The molecule has 0 aliphatic rings. The lowest BCUT2D eigenvalue weighted by Gasteiger charge is -2.05. The molecule has 0 aromatic carbocycles. The fourth-order valence-corrected chi connectivity index (χ4v) is 3.05. The van der Waals surface area contributed by atoms with Crippen molar-refractivity contribution in [1.82, 2.24) is 9.78 Å². The smallest absolute Gasteiger partial charge is 0.213 e. The van der Waals surface area contributed by atoms with E-state index in [4.69, 9.17) is 16.3 Å². The number of hydrogen-bond donors (Lipinski definition) is 0. The molecule has 2 heterocycles. The topological polar surface area (TPSA) is 44.1 Å². The van der Waals surface area contributed by atoms with Crippen molar-refractivity contribution in [2.75, 3.05) is 13.7 Å². The van der Waals surface area contributed by atoms with Crippen molar-refractivity contribution in [3.8, 4) is 0 Å². The summed E-state index contributed by atoms with van der Waals surface area (Å²) in [6, 6.07) is 1.84. The molecule has 0 radical (unpaired) electrons. The Labute approximate surface area is 127 Å². The average Bonchev–Trinajstić information content (AvgIpc) is 2.92. The van der Waals surface area contributed by atoms with E-state index in [2.05, 4.69) is 27.7 Å². The van der Waals surface area contributed by atoms with Crippen LogP contribution < -0.4 is 0 Å². The Morgan fingerprint density at radius 3 is 3.06 bits per heavy atom. The number of methoxy groups -OCH3 is 1. The van der Waals surface area contributed by atoms with Gasteiger partial charge in [0.05, 0.1) is 27.3 Å². The lowest BCUT2D eigenvalue weighted by atomic mass is 10.1. The summed E-state index contributed by atoms with van der Waals surface area (Å²) < 4.78 is 7.63. The van der Waals surface area contributed by atoms with Crippen LogP contribution in [0.15, 0.2) is 17.6 Å². The van der Waals surface area contributed by atoms with Crippen molar-refractivity contribution < 1.29 is 9.53 Å². The summed E-state index contributed by atoms with van der Waals surface area (Å²) in [7, 11) is 1.60. The monoisotopic (exact) mass is 396 g/mol. The number of nitrogens with zero attached hydrogens (tertiary/aromatic N) is 2. The van der Waals surface area contributed by atoms with Gasteiger partial charge in [-0.15, -0.1) is 11.3 Å². The third-order valence-corrected chi connectivity index (χ3v) is 4.41. The zero-order chi connectivity index (χ0) is 13.1. The number of carbonyl (C=O) groups excluding carboxylic acids is 1. The van der Waals surface area contributed by atoms with Crippen molar-refractivity contribution >= 4 is 51.3 Å². The highest BCUT2D eigenvalue weighted by Gasteiger charge is 2.20. The first-order valence-electron chi connectivity index (χ1n) is 5.12. The molecule has 0 fully saturated rings. The molecule has 0 saturated heterocycles. The molecule has 0 aliphatic heterocycles. The molecule has 0 unspecified atom stereocenters. The predicted octanol–water partition coefficient (Wildman–Crippen LogP) is 3.08. The maximum atomic E-state index is 12.3. The first kappa shape index (κ1) is 14.0. The number of hydrogen-bond acceptors (Lipinski definition) is 4. The quantitative estimate of drug-likeness (QED) is 0.576. The Balaban J connectivity index is 2.32. The molecule has 7 heteroatoms. The van der Waals surface area contributed by atoms with E-state index < -0.39 is 0 Å². The number of rotatable bonds is 5.